The molecule has 5 heteroatoms. The van der Waals surface area contributed by atoms with E-state index in [9.17, 15) is 4.79 Å². The zero-order chi connectivity index (χ0) is 17.1. The summed E-state index contributed by atoms with van der Waals surface area (Å²) >= 11 is 0. The zero-order valence-electron chi connectivity index (χ0n) is 14.8. The Bertz CT molecular complexity index is 601. The highest BCUT2D eigenvalue weighted by atomic mass is 16.5. The van der Waals surface area contributed by atoms with E-state index in [4.69, 9.17) is 14.2 Å². The van der Waals surface area contributed by atoms with Crippen LogP contribution in [0, 0.1) is 11.8 Å². The third-order valence-electron chi connectivity index (χ3n) is 5.51. The first-order chi connectivity index (χ1) is 11.7. The van der Waals surface area contributed by atoms with E-state index in [1.54, 1.807) is 33.5 Å². The molecule has 2 aliphatic rings. The first kappa shape index (κ1) is 16.9. The summed E-state index contributed by atoms with van der Waals surface area (Å²) < 4.78 is 16.2. The van der Waals surface area contributed by atoms with Crippen LogP contribution in [-0.4, -0.2) is 45.2 Å². The van der Waals surface area contributed by atoms with Crippen molar-refractivity contribution in [3.63, 3.8) is 0 Å². The monoisotopic (exact) mass is 333 g/mol. The van der Waals surface area contributed by atoms with Crippen LogP contribution >= 0.6 is 0 Å². The summed E-state index contributed by atoms with van der Waals surface area (Å²) in [5, 5.41) is 0. The van der Waals surface area contributed by atoms with Crippen LogP contribution in [0.1, 0.15) is 42.5 Å². The molecule has 0 bridgehead atoms. The van der Waals surface area contributed by atoms with Crippen molar-refractivity contribution < 1.29 is 19.0 Å². The van der Waals surface area contributed by atoms with Crippen molar-refractivity contribution >= 4 is 5.91 Å². The van der Waals surface area contributed by atoms with Gasteiger partial charge in [-0.3, -0.25) is 4.79 Å². The van der Waals surface area contributed by atoms with Crippen LogP contribution < -0.4 is 14.2 Å². The van der Waals surface area contributed by atoms with E-state index >= 15 is 0 Å². The molecular weight excluding hydrogens is 306 g/mol. The molecule has 24 heavy (non-hydrogen) atoms. The van der Waals surface area contributed by atoms with Gasteiger partial charge in [0.15, 0.2) is 11.5 Å². The molecule has 1 aromatic carbocycles. The summed E-state index contributed by atoms with van der Waals surface area (Å²) in [5.74, 6) is 2.97. The molecule has 2 atom stereocenters. The number of fused-ring (bicyclic) bond motifs is 1. The third-order valence-corrected chi connectivity index (χ3v) is 5.51. The van der Waals surface area contributed by atoms with E-state index in [-0.39, 0.29) is 5.91 Å². The number of rotatable bonds is 4. The average Bonchev–Trinajstić information content (AvgIpc) is 2.65. The molecule has 1 aromatic rings. The Hall–Kier alpha value is -1.91. The van der Waals surface area contributed by atoms with Gasteiger partial charge in [0.05, 0.1) is 26.9 Å². The number of likely N-dealkylation sites (tertiary alicyclic amines) is 1. The molecule has 1 aliphatic heterocycles. The van der Waals surface area contributed by atoms with Gasteiger partial charge < -0.3 is 19.1 Å². The highest BCUT2D eigenvalue weighted by molar-refractivity contribution is 5.98. The summed E-state index contributed by atoms with van der Waals surface area (Å²) in [5.41, 5.74) is 0.546. The van der Waals surface area contributed by atoms with Gasteiger partial charge in [-0.1, -0.05) is 19.3 Å². The summed E-state index contributed by atoms with van der Waals surface area (Å²) in [7, 11) is 4.69. The lowest BCUT2D eigenvalue weighted by Crippen LogP contribution is -2.44. The number of methoxy groups -OCH3 is 3. The van der Waals surface area contributed by atoms with Gasteiger partial charge >= 0.3 is 0 Å². The largest absolute Gasteiger partial charge is 0.493 e. The minimum atomic E-state index is 0.0248. The zero-order valence-corrected chi connectivity index (χ0v) is 14.8. The van der Waals surface area contributed by atoms with Gasteiger partial charge in [-0.2, -0.15) is 0 Å². The molecule has 1 amide bonds. The van der Waals surface area contributed by atoms with Gasteiger partial charge in [0, 0.05) is 13.1 Å². The molecule has 132 valence electrons. The number of benzene rings is 1. The van der Waals surface area contributed by atoms with Gasteiger partial charge in [-0.15, -0.1) is 0 Å². The fraction of sp³-hybridized carbons (Fsp3) is 0.632. The maximum atomic E-state index is 13.1. The van der Waals surface area contributed by atoms with Gasteiger partial charge in [0.2, 0.25) is 5.75 Å². The number of carbonyl (C=O) groups is 1. The number of amides is 1. The first-order valence-electron chi connectivity index (χ1n) is 8.77. The van der Waals surface area contributed by atoms with Crippen molar-refractivity contribution in [1.82, 2.24) is 4.90 Å². The summed E-state index contributed by atoms with van der Waals surface area (Å²) in [6.07, 6.45) is 6.33. The Kier molecular flexibility index (Phi) is 5.17. The summed E-state index contributed by atoms with van der Waals surface area (Å²) in [4.78, 5) is 15.1. The summed E-state index contributed by atoms with van der Waals surface area (Å²) in [6.45, 7) is 1.69. The minimum absolute atomic E-state index is 0.0248. The van der Waals surface area contributed by atoms with Crippen LogP contribution in [-0.2, 0) is 0 Å². The molecule has 2 fully saturated rings. The van der Waals surface area contributed by atoms with Crippen molar-refractivity contribution in [2.24, 2.45) is 11.8 Å². The van der Waals surface area contributed by atoms with Crippen molar-refractivity contribution in [2.75, 3.05) is 34.4 Å². The van der Waals surface area contributed by atoms with Crippen LogP contribution in [0.15, 0.2) is 12.1 Å². The predicted octanol–water partition coefficient (Wildman–Crippen LogP) is 3.36. The van der Waals surface area contributed by atoms with E-state index in [2.05, 4.69) is 0 Å². The standard InChI is InChI=1S/C19H27NO4/c1-22-16-9-8-15(17(23-2)18(16)24-3)19(21)20-11-10-13-6-4-5-7-14(13)12-20/h8-9,13-14H,4-7,10-12H2,1-3H3/t13-,14+/m0/s1. The Morgan fingerprint density at radius 3 is 2.33 bits per heavy atom. The molecule has 1 saturated heterocycles. The van der Waals surface area contributed by atoms with Crippen molar-refractivity contribution in [1.29, 1.82) is 0 Å². The fourth-order valence-electron chi connectivity index (χ4n) is 4.23. The van der Waals surface area contributed by atoms with E-state index in [0.29, 0.717) is 28.7 Å². The third kappa shape index (κ3) is 3.04. The number of nitrogens with zero attached hydrogens (tertiary/aromatic N) is 1. The van der Waals surface area contributed by atoms with Crippen LogP contribution in [0.3, 0.4) is 0 Å². The molecule has 1 aliphatic carbocycles. The second-order valence-electron chi connectivity index (χ2n) is 6.73. The van der Waals surface area contributed by atoms with Gasteiger partial charge in [0.1, 0.15) is 0 Å². The molecular formula is C19H27NO4. The Balaban J connectivity index is 1.84. The number of hydrogen-bond donors (Lipinski definition) is 0. The quantitative estimate of drug-likeness (QED) is 0.848. The highest BCUT2D eigenvalue weighted by Crippen LogP contribution is 2.41. The second-order valence-corrected chi connectivity index (χ2v) is 6.73. The van der Waals surface area contributed by atoms with E-state index in [1.165, 1.54) is 25.7 Å². The van der Waals surface area contributed by atoms with Gasteiger partial charge in [0.25, 0.3) is 5.91 Å². The highest BCUT2D eigenvalue weighted by Gasteiger charge is 2.34. The van der Waals surface area contributed by atoms with Crippen LogP contribution in [0.4, 0.5) is 0 Å². The normalized spacial score (nSPS) is 23.4. The Morgan fingerprint density at radius 2 is 1.67 bits per heavy atom. The maximum Gasteiger partial charge on any atom is 0.257 e. The van der Waals surface area contributed by atoms with Crippen LogP contribution in [0.5, 0.6) is 17.2 Å². The Labute approximate surface area is 143 Å². The van der Waals surface area contributed by atoms with Crippen molar-refractivity contribution in [2.45, 2.75) is 32.1 Å². The molecule has 0 aromatic heterocycles. The average molecular weight is 333 g/mol. The maximum absolute atomic E-state index is 13.1. The van der Waals surface area contributed by atoms with E-state index in [0.717, 1.165) is 25.4 Å². The minimum Gasteiger partial charge on any atom is -0.493 e. The first-order valence-corrected chi connectivity index (χ1v) is 8.77. The predicted molar refractivity (Wildman–Crippen MR) is 92.1 cm³/mol. The van der Waals surface area contributed by atoms with Crippen LogP contribution in [0.25, 0.3) is 0 Å². The molecule has 3 rings (SSSR count). The number of piperidine rings is 1. The lowest BCUT2D eigenvalue weighted by atomic mass is 9.75. The Morgan fingerprint density at radius 1 is 0.958 bits per heavy atom. The molecule has 0 spiro atoms. The van der Waals surface area contributed by atoms with Crippen molar-refractivity contribution in [3.8, 4) is 17.2 Å². The lowest BCUT2D eigenvalue weighted by Gasteiger charge is -2.41. The van der Waals surface area contributed by atoms with Crippen LogP contribution in [0.2, 0.25) is 0 Å². The second kappa shape index (κ2) is 7.32. The van der Waals surface area contributed by atoms with E-state index < -0.39 is 0 Å². The molecule has 0 unspecified atom stereocenters. The molecule has 0 N–H and O–H groups in total. The molecule has 0 radical (unpaired) electrons. The summed E-state index contributed by atoms with van der Waals surface area (Å²) in [6, 6.07) is 3.54. The van der Waals surface area contributed by atoms with Gasteiger partial charge in [-0.25, -0.2) is 0 Å². The molecule has 1 heterocycles. The number of carbonyl (C=O) groups excluding carboxylic acids is 1. The van der Waals surface area contributed by atoms with Crippen molar-refractivity contribution in [3.05, 3.63) is 17.7 Å². The lowest BCUT2D eigenvalue weighted by molar-refractivity contribution is 0.0517. The smallest absolute Gasteiger partial charge is 0.257 e. The fourth-order valence-corrected chi connectivity index (χ4v) is 4.23. The SMILES string of the molecule is COc1ccc(C(=O)N2CC[C@@H]3CCCC[C@@H]3C2)c(OC)c1OC. The topological polar surface area (TPSA) is 48.0 Å². The number of ether oxygens (including phenoxy) is 3. The molecule has 1 saturated carbocycles. The van der Waals surface area contributed by atoms with E-state index in [1.807, 2.05) is 4.90 Å². The van der Waals surface area contributed by atoms with Gasteiger partial charge in [-0.05, 0) is 36.8 Å². The molecule has 5 nitrogen and oxygen atoms in total. The number of hydrogen-bond acceptors (Lipinski definition) is 4.